The van der Waals surface area contributed by atoms with Crippen molar-refractivity contribution in [1.82, 2.24) is 9.29 Å². The van der Waals surface area contributed by atoms with Crippen LogP contribution in [0, 0.1) is 5.41 Å². The summed E-state index contributed by atoms with van der Waals surface area (Å²) in [7, 11) is -0.538. The van der Waals surface area contributed by atoms with Gasteiger partial charge in [-0.15, -0.1) is 0 Å². The molecule has 1 saturated carbocycles. The topological polar surface area (TPSA) is 89.7 Å². The molecule has 7 nitrogen and oxygen atoms in total. The lowest BCUT2D eigenvalue weighted by Crippen LogP contribution is -2.33. The lowest BCUT2D eigenvalue weighted by Gasteiger charge is -2.33. The van der Waals surface area contributed by atoms with Crippen LogP contribution in [-0.2, 0) is 19.6 Å². The molecule has 9 heteroatoms. The Morgan fingerprint density at radius 2 is 2.12 bits per heavy atom. The molecule has 1 unspecified atom stereocenters. The van der Waals surface area contributed by atoms with E-state index in [-0.39, 0.29) is 22.4 Å². The second-order valence-corrected chi connectivity index (χ2v) is 10.2. The lowest BCUT2D eigenvalue weighted by molar-refractivity contribution is -0.151. The Bertz CT molecular complexity index is 963. The van der Waals surface area contributed by atoms with E-state index in [2.05, 4.69) is 4.98 Å². The third-order valence-electron chi connectivity index (χ3n) is 5.15. The number of aromatic nitrogens is 1. The molecule has 1 aromatic carbocycles. The Morgan fingerprint density at radius 3 is 2.73 bits per heavy atom. The van der Waals surface area contributed by atoms with Crippen molar-refractivity contribution in [3.8, 4) is 0 Å². The van der Waals surface area contributed by atoms with Crippen molar-refractivity contribution >= 4 is 38.9 Å². The van der Waals surface area contributed by atoms with E-state index in [0.29, 0.717) is 22.1 Å². The summed E-state index contributed by atoms with van der Waals surface area (Å²) in [5.74, 6) is 0.522. The number of fused-ring (bicyclic) bond motifs is 1. The van der Waals surface area contributed by atoms with Crippen molar-refractivity contribution in [2.45, 2.75) is 41.9 Å². The fourth-order valence-corrected chi connectivity index (χ4v) is 5.17. The van der Waals surface area contributed by atoms with Gasteiger partial charge < -0.3 is 9.15 Å². The highest BCUT2D eigenvalue weighted by Crippen LogP contribution is 2.50. The van der Waals surface area contributed by atoms with Gasteiger partial charge in [-0.2, -0.15) is 0 Å². The second-order valence-electron chi connectivity index (χ2n) is 7.07. The van der Waals surface area contributed by atoms with Crippen molar-refractivity contribution in [2.75, 3.05) is 19.8 Å². The molecule has 1 spiro atoms. The third kappa shape index (κ3) is 2.91. The van der Waals surface area contributed by atoms with E-state index in [1.165, 1.54) is 38.0 Å². The monoisotopic (exact) mass is 396 g/mol. The molecule has 1 aliphatic heterocycles. The van der Waals surface area contributed by atoms with Crippen molar-refractivity contribution in [3.05, 3.63) is 18.2 Å². The Labute approximate surface area is 156 Å². The van der Waals surface area contributed by atoms with Crippen molar-refractivity contribution < 1.29 is 22.4 Å². The van der Waals surface area contributed by atoms with Crippen LogP contribution in [0.5, 0.6) is 0 Å². The molecule has 2 fully saturated rings. The Hall–Kier alpha value is -1.58. The van der Waals surface area contributed by atoms with Crippen LogP contribution >= 0.6 is 11.8 Å². The normalized spacial score (nSPS) is 22.1. The number of hydrogen-bond acceptors (Lipinski definition) is 7. The van der Waals surface area contributed by atoms with Crippen LogP contribution in [-0.4, -0.2) is 49.6 Å². The van der Waals surface area contributed by atoms with Crippen molar-refractivity contribution in [1.29, 1.82) is 0 Å². The fraction of sp³-hybridized carbons (Fsp3) is 0.529. The number of carbonyl (C=O) groups excluding carboxylic acids is 1. The number of esters is 1. The van der Waals surface area contributed by atoms with Crippen molar-refractivity contribution in [2.24, 2.45) is 5.41 Å². The van der Waals surface area contributed by atoms with E-state index in [0.717, 1.165) is 30.0 Å². The summed E-state index contributed by atoms with van der Waals surface area (Å²) in [6, 6.07) is 4.63. The maximum Gasteiger partial charge on any atom is 0.312 e. The maximum atomic E-state index is 12.2. The number of sulfonamides is 1. The van der Waals surface area contributed by atoms with E-state index >= 15 is 0 Å². The van der Waals surface area contributed by atoms with Crippen LogP contribution in [0.4, 0.5) is 0 Å². The molecule has 0 N–H and O–H groups in total. The lowest BCUT2D eigenvalue weighted by atomic mass is 9.67. The van der Waals surface area contributed by atoms with Gasteiger partial charge in [-0.1, -0.05) is 18.2 Å². The molecule has 2 aromatic rings. The van der Waals surface area contributed by atoms with E-state index in [9.17, 15) is 13.2 Å². The van der Waals surface area contributed by atoms with Gasteiger partial charge in [0, 0.05) is 26.3 Å². The highest BCUT2D eigenvalue weighted by Gasteiger charge is 2.52. The molecule has 1 aliphatic carbocycles. The first-order valence-corrected chi connectivity index (χ1v) is 10.9. The minimum absolute atomic E-state index is 0.0644. The number of benzene rings is 1. The van der Waals surface area contributed by atoms with Crippen LogP contribution in [0.15, 0.2) is 32.7 Å². The minimum Gasteiger partial charge on any atom is -0.461 e. The SMILES string of the molecule is CN(C)S(=O)(=O)c1ccc2oc(SCC3CC4(CCC4)C(=O)O3)nc2c1. The first-order valence-electron chi connectivity index (χ1n) is 8.47. The molecule has 26 heavy (non-hydrogen) atoms. The zero-order valence-corrected chi connectivity index (χ0v) is 16.2. The molecular formula is C17H20N2O5S2. The fourth-order valence-electron chi connectivity index (χ4n) is 3.43. The molecule has 4 rings (SSSR count). The molecule has 2 aliphatic rings. The average Bonchev–Trinajstić information content (AvgIpc) is 3.11. The first-order chi connectivity index (χ1) is 12.3. The molecule has 140 valence electrons. The summed E-state index contributed by atoms with van der Waals surface area (Å²) in [6.07, 6.45) is 3.60. The molecule has 1 saturated heterocycles. The molecule has 1 aromatic heterocycles. The Balaban J connectivity index is 1.47. The summed E-state index contributed by atoms with van der Waals surface area (Å²) in [5, 5.41) is 0.449. The predicted molar refractivity (Wildman–Crippen MR) is 96.4 cm³/mol. The van der Waals surface area contributed by atoms with Crippen LogP contribution in [0.2, 0.25) is 0 Å². The number of ether oxygens (including phenoxy) is 1. The summed E-state index contributed by atoms with van der Waals surface area (Å²) < 4.78 is 36.8. The number of nitrogens with zero attached hydrogens (tertiary/aromatic N) is 2. The Kier molecular flexibility index (Phi) is 4.28. The number of rotatable bonds is 5. The highest BCUT2D eigenvalue weighted by atomic mass is 32.2. The van der Waals surface area contributed by atoms with Gasteiger partial charge in [0.15, 0.2) is 5.58 Å². The van der Waals surface area contributed by atoms with E-state index < -0.39 is 10.0 Å². The number of hydrogen-bond donors (Lipinski definition) is 0. The van der Waals surface area contributed by atoms with Gasteiger partial charge in [0.2, 0.25) is 10.0 Å². The van der Waals surface area contributed by atoms with Crippen LogP contribution in [0.25, 0.3) is 11.1 Å². The van der Waals surface area contributed by atoms with Gasteiger partial charge in [-0.25, -0.2) is 17.7 Å². The summed E-state index contributed by atoms with van der Waals surface area (Å²) in [6.45, 7) is 0. The molecule has 0 amide bonds. The predicted octanol–water partition coefficient (Wildman–Crippen LogP) is 2.66. The van der Waals surface area contributed by atoms with E-state index in [1.54, 1.807) is 6.07 Å². The maximum absolute atomic E-state index is 12.2. The number of carbonyl (C=O) groups is 1. The minimum atomic E-state index is -3.51. The summed E-state index contributed by atoms with van der Waals surface area (Å²) in [5.41, 5.74) is 0.792. The molecule has 0 bridgehead atoms. The molecule has 1 atom stereocenters. The molecule has 2 heterocycles. The first kappa shape index (κ1) is 17.8. The zero-order valence-electron chi connectivity index (χ0n) is 14.6. The molecular weight excluding hydrogens is 376 g/mol. The average molecular weight is 396 g/mol. The van der Waals surface area contributed by atoms with Gasteiger partial charge in [0.1, 0.15) is 11.6 Å². The van der Waals surface area contributed by atoms with Gasteiger partial charge >= 0.3 is 5.97 Å². The summed E-state index contributed by atoms with van der Waals surface area (Å²) >= 11 is 1.39. The summed E-state index contributed by atoms with van der Waals surface area (Å²) in [4.78, 5) is 16.5. The van der Waals surface area contributed by atoms with Gasteiger partial charge in [0.25, 0.3) is 5.22 Å². The van der Waals surface area contributed by atoms with Gasteiger partial charge in [-0.3, -0.25) is 4.79 Å². The number of thioether (sulfide) groups is 1. The zero-order chi connectivity index (χ0) is 18.5. The van der Waals surface area contributed by atoms with Gasteiger partial charge in [0.05, 0.1) is 10.3 Å². The van der Waals surface area contributed by atoms with E-state index in [4.69, 9.17) is 9.15 Å². The quantitative estimate of drug-likeness (QED) is 0.567. The number of cyclic esters (lactones) is 1. The largest absolute Gasteiger partial charge is 0.461 e. The standard InChI is InChI=1S/C17H20N2O5S2/c1-19(2)26(21,22)12-4-5-14-13(8-12)18-16(24-14)25-10-11-9-17(6-3-7-17)15(20)23-11/h4-5,8,11H,3,6-7,9-10H2,1-2H3. The third-order valence-corrected chi connectivity index (χ3v) is 7.92. The van der Waals surface area contributed by atoms with Gasteiger partial charge in [-0.05, 0) is 31.0 Å². The van der Waals surface area contributed by atoms with Crippen LogP contribution < -0.4 is 0 Å². The second kappa shape index (κ2) is 6.24. The van der Waals surface area contributed by atoms with Crippen molar-refractivity contribution in [3.63, 3.8) is 0 Å². The smallest absolute Gasteiger partial charge is 0.312 e. The van der Waals surface area contributed by atoms with E-state index in [1.807, 2.05) is 0 Å². The molecule has 0 radical (unpaired) electrons. The number of oxazole rings is 1. The van der Waals surface area contributed by atoms with Crippen LogP contribution in [0.3, 0.4) is 0 Å². The van der Waals surface area contributed by atoms with Crippen LogP contribution in [0.1, 0.15) is 25.7 Å². The highest BCUT2D eigenvalue weighted by molar-refractivity contribution is 7.99. The Morgan fingerprint density at radius 1 is 1.35 bits per heavy atom.